The van der Waals surface area contributed by atoms with Gasteiger partial charge in [-0.15, -0.1) is 11.3 Å². The highest BCUT2D eigenvalue weighted by molar-refractivity contribution is 7.17. The molecule has 152 valence electrons. The molecule has 0 unspecified atom stereocenters. The van der Waals surface area contributed by atoms with Crippen molar-refractivity contribution in [2.75, 3.05) is 25.0 Å². The quantitative estimate of drug-likeness (QED) is 0.478. The van der Waals surface area contributed by atoms with E-state index in [1.807, 2.05) is 18.3 Å². The summed E-state index contributed by atoms with van der Waals surface area (Å²) in [7, 11) is 0. The van der Waals surface area contributed by atoms with Crippen molar-refractivity contribution in [3.05, 3.63) is 60.2 Å². The Kier molecular flexibility index (Phi) is 5.43. The highest BCUT2D eigenvalue weighted by atomic mass is 32.1. The molecule has 1 aromatic carbocycles. The monoisotopic (exact) mass is 415 g/mol. The predicted octanol–water partition coefficient (Wildman–Crippen LogP) is 5.32. The number of anilines is 1. The number of thiophene rings is 1. The number of nitrogens with one attached hydrogen (secondary N) is 1. The maximum absolute atomic E-state index is 4.99. The third kappa shape index (κ3) is 3.80. The van der Waals surface area contributed by atoms with E-state index in [1.54, 1.807) is 17.5 Å². The first-order chi connectivity index (χ1) is 14.8. The van der Waals surface area contributed by atoms with Crippen LogP contribution in [0.2, 0.25) is 0 Å². The van der Waals surface area contributed by atoms with Crippen LogP contribution in [0.5, 0.6) is 0 Å². The van der Waals surface area contributed by atoms with Gasteiger partial charge in [0, 0.05) is 48.0 Å². The lowest BCUT2D eigenvalue weighted by Gasteiger charge is -2.32. The molecule has 0 aliphatic carbocycles. The number of likely N-dealkylation sites (tertiary alicyclic amines) is 1. The average molecular weight is 416 g/mol. The van der Waals surface area contributed by atoms with Crippen LogP contribution in [-0.4, -0.2) is 45.5 Å². The molecular weight excluding hydrogens is 390 g/mol. The van der Waals surface area contributed by atoms with Gasteiger partial charge in [0.15, 0.2) is 5.82 Å². The Morgan fingerprint density at radius 2 is 1.83 bits per heavy atom. The molecule has 0 radical (unpaired) electrons. The van der Waals surface area contributed by atoms with E-state index in [2.05, 4.69) is 57.8 Å². The summed E-state index contributed by atoms with van der Waals surface area (Å²) >= 11 is 1.68. The number of nitrogens with zero attached hydrogens (tertiary/aromatic N) is 4. The Balaban J connectivity index is 1.58. The summed E-state index contributed by atoms with van der Waals surface area (Å²) in [6.45, 7) is 5.62. The summed E-state index contributed by atoms with van der Waals surface area (Å²) in [5.74, 6) is 1.67. The van der Waals surface area contributed by atoms with E-state index >= 15 is 0 Å². The number of benzene rings is 1. The molecule has 5 nitrogen and oxygen atoms in total. The lowest BCUT2D eigenvalue weighted by molar-refractivity contribution is 0.229. The molecule has 4 aromatic rings. The van der Waals surface area contributed by atoms with E-state index in [1.165, 1.54) is 11.1 Å². The molecule has 0 amide bonds. The number of piperidine rings is 1. The molecule has 0 saturated carbocycles. The number of rotatable bonds is 5. The minimum atomic E-state index is 0.427. The van der Waals surface area contributed by atoms with Gasteiger partial charge in [-0.25, -0.2) is 9.97 Å². The second-order valence-corrected chi connectivity index (χ2v) is 8.54. The third-order valence-electron chi connectivity index (χ3n) is 5.81. The molecule has 0 spiro atoms. The standard InChI is InChI=1S/C24H25N5S/c1-2-29-13-10-19(11-14-29)26-23-21-20(17-7-4-3-5-8-17)16-30-24(21)28-22(27-23)18-9-6-12-25-15-18/h3-9,12,15-16,19H,2,10-11,13-14H2,1H3,(H,26,27,28). The van der Waals surface area contributed by atoms with E-state index in [0.717, 1.165) is 59.9 Å². The molecule has 5 rings (SSSR count). The number of pyridine rings is 1. The molecule has 1 fully saturated rings. The third-order valence-corrected chi connectivity index (χ3v) is 6.69. The Morgan fingerprint density at radius 3 is 2.57 bits per heavy atom. The van der Waals surface area contributed by atoms with Crippen molar-refractivity contribution < 1.29 is 0 Å². The average Bonchev–Trinajstić information content (AvgIpc) is 3.25. The number of fused-ring (bicyclic) bond motifs is 1. The first-order valence-corrected chi connectivity index (χ1v) is 11.4. The largest absolute Gasteiger partial charge is 0.367 e. The lowest BCUT2D eigenvalue weighted by atomic mass is 10.0. The van der Waals surface area contributed by atoms with Gasteiger partial charge in [-0.1, -0.05) is 37.3 Å². The van der Waals surface area contributed by atoms with Gasteiger partial charge >= 0.3 is 0 Å². The summed E-state index contributed by atoms with van der Waals surface area (Å²) in [6, 6.07) is 14.9. The lowest BCUT2D eigenvalue weighted by Crippen LogP contribution is -2.39. The van der Waals surface area contributed by atoms with Crippen LogP contribution in [0.3, 0.4) is 0 Å². The van der Waals surface area contributed by atoms with Crippen LogP contribution in [0.4, 0.5) is 5.82 Å². The van der Waals surface area contributed by atoms with Crippen molar-refractivity contribution in [3.63, 3.8) is 0 Å². The van der Waals surface area contributed by atoms with Crippen LogP contribution in [0.15, 0.2) is 60.2 Å². The van der Waals surface area contributed by atoms with Crippen LogP contribution in [0.25, 0.3) is 32.7 Å². The smallest absolute Gasteiger partial charge is 0.164 e. The van der Waals surface area contributed by atoms with Crippen molar-refractivity contribution in [3.8, 4) is 22.5 Å². The molecule has 4 heterocycles. The van der Waals surface area contributed by atoms with Crippen molar-refractivity contribution in [1.82, 2.24) is 19.9 Å². The second kappa shape index (κ2) is 8.50. The summed E-state index contributed by atoms with van der Waals surface area (Å²) in [5, 5.41) is 7.11. The molecule has 1 N–H and O–H groups in total. The maximum Gasteiger partial charge on any atom is 0.164 e. The van der Waals surface area contributed by atoms with E-state index in [4.69, 9.17) is 9.97 Å². The zero-order chi connectivity index (χ0) is 20.3. The fraction of sp³-hybridized carbons (Fsp3) is 0.292. The summed E-state index contributed by atoms with van der Waals surface area (Å²) in [5.41, 5.74) is 3.34. The van der Waals surface area contributed by atoms with Gasteiger partial charge in [-0.3, -0.25) is 4.98 Å². The molecule has 3 aromatic heterocycles. The Hall–Kier alpha value is -2.83. The molecule has 0 bridgehead atoms. The normalized spacial score (nSPS) is 15.5. The molecule has 1 saturated heterocycles. The minimum absolute atomic E-state index is 0.427. The minimum Gasteiger partial charge on any atom is -0.367 e. The number of hydrogen-bond donors (Lipinski definition) is 1. The Morgan fingerprint density at radius 1 is 1.03 bits per heavy atom. The van der Waals surface area contributed by atoms with Crippen LogP contribution < -0.4 is 5.32 Å². The highest BCUT2D eigenvalue weighted by Gasteiger charge is 2.22. The van der Waals surface area contributed by atoms with Crippen molar-refractivity contribution in [2.24, 2.45) is 0 Å². The van der Waals surface area contributed by atoms with Gasteiger partial charge in [-0.05, 0) is 37.1 Å². The first-order valence-electron chi connectivity index (χ1n) is 10.6. The van der Waals surface area contributed by atoms with E-state index in [-0.39, 0.29) is 0 Å². The van der Waals surface area contributed by atoms with Gasteiger partial charge in [0.1, 0.15) is 10.6 Å². The fourth-order valence-electron chi connectivity index (χ4n) is 4.09. The Labute approximate surface area is 180 Å². The first kappa shape index (κ1) is 19.2. The second-order valence-electron chi connectivity index (χ2n) is 7.69. The topological polar surface area (TPSA) is 53.9 Å². The Bertz CT molecular complexity index is 1120. The fourth-order valence-corrected chi connectivity index (χ4v) is 5.03. The maximum atomic E-state index is 4.99. The molecule has 30 heavy (non-hydrogen) atoms. The molecule has 6 heteroatoms. The molecule has 1 aliphatic heterocycles. The van der Waals surface area contributed by atoms with Gasteiger partial charge in [0.05, 0.1) is 5.39 Å². The SMILES string of the molecule is CCN1CCC(Nc2nc(-c3cccnc3)nc3scc(-c4ccccc4)c23)CC1. The van der Waals surface area contributed by atoms with E-state index in [0.29, 0.717) is 6.04 Å². The van der Waals surface area contributed by atoms with Crippen molar-refractivity contribution in [2.45, 2.75) is 25.8 Å². The van der Waals surface area contributed by atoms with Crippen LogP contribution in [-0.2, 0) is 0 Å². The number of aromatic nitrogens is 3. The van der Waals surface area contributed by atoms with Gasteiger partial charge in [0.25, 0.3) is 0 Å². The van der Waals surface area contributed by atoms with Crippen LogP contribution in [0, 0.1) is 0 Å². The zero-order valence-electron chi connectivity index (χ0n) is 17.1. The van der Waals surface area contributed by atoms with E-state index < -0.39 is 0 Å². The number of hydrogen-bond acceptors (Lipinski definition) is 6. The van der Waals surface area contributed by atoms with Gasteiger partial charge in [0.2, 0.25) is 0 Å². The van der Waals surface area contributed by atoms with E-state index in [9.17, 15) is 0 Å². The molecule has 0 atom stereocenters. The summed E-state index contributed by atoms with van der Waals surface area (Å²) in [4.78, 5) is 17.7. The van der Waals surface area contributed by atoms with Crippen LogP contribution >= 0.6 is 11.3 Å². The van der Waals surface area contributed by atoms with Crippen LogP contribution in [0.1, 0.15) is 19.8 Å². The zero-order valence-corrected chi connectivity index (χ0v) is 17.9. The van der Waals surface area contributed by atoms with Gasteiger partial charge in [-0.2, -0.15) is 0 Å². The summed E-state index contributed by atoms with van der Waals surface area (Å²) < 4.78 is 0. The predicted molar refractivity (Wildman–Crippen MR) is 125 cm³/mol. The van der Waals surface area contributed by atoms with Gasteiger partial charge < -0.3 is 10.2 Å². The highest BCUT2D eigenvalue weighted by Crippen LogP contribution is 2.38. The van der Waals surface area contributed by atoms with Crippen molar-refractivity contribution in [1.29, 1.82) is 0 Å². The van der Waals surface area contributed by atoms with Crippen molar-refractivity contribution >= 4 is 27.4 Å². The molecular formula is C24H25N5S. The summed E-state index contributed by atoms with van der Waals surface area (Å²) in [6.07, 6.45) is 5.87. The molecule has 1 aliphatic rings.